The van der Waals surface area contributed by atoms with Gasteiger partial charge in [0, 0.05) is 6.61 Å². The largest absolute Gasteiger partial charge is 0.468 e. The van der Waals surface area contributed by atoms with Crippen LogP contribution in [0.2, 0.25) is 0 Å². The molecule has 1 fully saturated rings. The van der Waals surface area contributed by atoms with Crippen LogP contribution in [-0.2, 0) is 23.8 Å². The smallest absolute Gasteiger partial charge is 0.311 e. The number of carbonyl (C=O) groups is 1. The summed E-state index contributed by atoms with van der Waals surface area (Å²) in [5.41, 5.74) is 0. The molecule has 1 aromatic rings. The zero-order valence-electron chi connectivity index (χ0n) is 15.1. The Morgan fingerprint density at radius 1 is 1.00 bits per heavy atom. The molecule has 146 valence electrons. The number of nitrogens with two attached hydrogens (primary N) is 1. The molecule has 1 aromatic carbocycles. The zero-order chi connectivity index (χ0) is 18.6. The molecule has 0 amide bonds. The number of hydrogen-bond donors (Lipinski definition) is 1. The molecule has 2 rings (SSSR count). The van der Waals surface area contributed by atoms with Crippen LogP contribution in [0.4, 0.5) is 0 Å². The topological polar surface area (TPSA) is 98.5 Å². The summed E-state index contributed by atoms with van der Waals surface area (Å²) in [5, 5.41) is 0. The Bertz CT molecular complexity index is 515. The molecule has 1 aliphatic rings. The van der Waals surface area contributed by atoms with Crippen LogP contribution in [-0.4, -0.2) is 39.1 Å². The highest BCUT2D eigenvalue weighted by atomic mass is 16.7. The molecule has 2 N–H and O–H groups in total. The van der Waals surface area contributed by atoms with Gasteiger partial charge >= 0.3 is 5.97 Å². The number of hydrogen-bond acceptors (Lipinski definition) is 8. The normalized spacial score (nSPS) is 19.8. The first kappa shape index (κ1) is 20.4. The number of carbonyl (C=O) groups excluding carboxylic acids is 1. The third kappa shape index (κ3) is 7.17. The van der Waals surface area contributed by atoms with Gasteiger partial charge in [0.25, 0.3) is 0 Å². The summed E-state index contributed by atoms with van der Waals surface area (Å²) >= 11 is 0. The number of ether oxygens (including phenoxy) is 5. The van der Waals surface area contributed by atoms with Crippen molar-refractivity contribution in [2.45, 2.75) is 38.7 Å². The Balaban J connectivity index is 1.60. The van der Waals surface area contributed by atoms with Crippen LogP contribution in [0.5, 0.6) is 11.5 Å². The van der Waals surface area contributed by atoms with Crippen LogP contribution >= 0.6 is 0 Å². The third-order valence-electron chi connectivity index (χ3n) is 4.14. The maximum absolute atomic E-state index is 11.9. The van der Waals surface area contributed by atoms with Crippen LogP contribution in [0.3, 0.4) is 0 Å². The molecule has 1 aliphatic carbocycles. The Morgan fingerprint density at radius 3 is 2.19 bits per heavy atom. The Hall–Kier alpha value is -1.87. The Kier molecular flexibility index (Phi) is 9.19. The van der Waals surface area contributed by atoms with Gasteiger partial charge in [-0.25, -0.2) is 5.90 Å². The predicted octanol–water partition coefficient (Wildman–Crippen LogP) is 2.36. The standard InChI is InChI=1S/C18H27NO7/c1-2-21-11-25-18(20)14-3-5-15(6-4-14)22-12-23-16-7-9-17(10-8-16)24-13-26-19/h7-10,14-15H,2-6,11-13,19H2,1H3. The summed E-state index contributed by atoms with van der Waals surface area (Å²) in [6, 6.07) is 7.07. The molecule has 0 radical (unpaired) electrons. The van der Waals surface area contributed by atoms with E-state index in [9.17, 15) is 4.79 Å². The minimum absolute atomic E-state index is 0.00877. The molecule has 8 heteroatoms. The van der Waals surface area contributed by atoms with Gasteiger partial charge in [-0.2, -0.15) is 0 Å². The lowest BCUT2D eigenvalue weighted by Gasteiger charge is -2.27. The van der Waals surface area contributed by atoms with E-state index in [1.54, 1.807) is 24.3 Å². The predicted molar refractivity (Wildman–Crippen MR) is 92.1 cm³/mol. The quantitative estimate of drug-likeness (QED) is 0.275. The molecule has 0 aliphatic heterocycles. The molecule has 0 aromatic heterocycles. The first-order chi connectivity index (χ1) is 12.7. The molecule has 0 bridgehead atoms. The van der Waals surface area contributed by atoms with E-state index in [2.05, 4.69) is 4.84 Å². The van der Waals surface area contributed by atoms with Gasteiger partial charge in [0.15, 0.2) is 13.6 Å². The van der Waals surface area contributed by atoms with E-state index in [0.29, 0.717) is 18.1 Å². The van der Waals surface area contributed by atoms with Gasteiger partial charge < -0.3 is 23.7 Å². The second kappa shape index (κ2) is 11.7. The Labute approximate surface area is 153 Å². The summed E-state index contributed by atoms with van der Waals surface area (Å²) in [6.07, 6.45) is 3.22. The van der Waals surface area contributed by atoms with E-state index in [-0.39, 0.29) is 38.4 Å². The van der Waals surface area contributed by atoms with E-state index in [1.165, 1.54) is 0 Å². The molecule has 1 saturated carbocycles. The van der Waals surface area contributed by atoms with Crippen molar-refractivity contribution in [1.29, 1.82) is 0 Å². The molecule has 0 heterocycles. The monoisotopic (exact) mass is 369 g/mol. The first-order valence-corrected chi connectivity index (χ1v) is 8.76. The van der Waals surface area contributed by atoms with Gasteiger partial charge in [0.2, 0.25) is 6.79 Å². The van der Waals surface area contributed by atoms with E-state index in [0.717, 1.165) is 25.7 Å². The highest BCUT2D eigenvalue weighted by Crippen LogP contribution is 2.27. The van der Waals surface area contributed by atoms with Crippen molar-refractivity contribution in [1.82, 2.24) is 0 Å². The van der Waals surface area contributed by atoms with Crippen molar-refractivity contribution in [2.24, 2.45) is 11.8 Å². The second-order valence-corrected chi connectivity index (χ2v) is 5.88. The van der Waals surface area contributed by atoms with Gasteiger partial charge in [-0.15, -0.1) is 0 Å². The third-order valence-corrected chi connectivity index (χ3v) is 4.14. The van der Waals surface area contributed by atoms with Crippen LogP contribution in [0.15, 0.2) is 24.3 Å². The van der Waals surface area contributed by atoms with Gasteiger partial charge in [-0.1, -0.05) is 0 Å². The zero-order valence-corrected chi connectivity index (χ0v) is 15.1. The number of esters is 1. The van der Waals surface area contributed by atoms with Gasteiger partial charge in [0.1, 0.15) is 11.5 Å². The van der Waals surface area contributed by atoms with Crippen molar-refractivity contribution < 1.29 is 33.3 Å². The van der Waals surface area contributed by atoms with E-state index < -0.39 is 0 Å². The SMILES string of the molecule is CCOCOC(=O)C1CCC(OCOc2ccc(OCON)cc2)CC1. The molecule has 0 unspecified atom stereocenters. The minimum atomic E-state index is -0.185. The van der Waals surface area contributed by atoms with E-state index in [1.807, 2.05) is 6.92 Å². The van der Waals surface area contributed by atoms with Gasteiger partial charge in [-0.05, 0) is 56.9 Å². The fourth-order valence-corrected chi connectivity index (χ4v) is 2.70. The molecule has 0 spiro atoms. The summed E-state index contributed by atoms with van der Waals surface area (Å²) in [4.78, 5) is 16.2. The molecule has 8 nitrogen and oxygen atoms in total. The number of benzene rings is 1. The Morgan fingerprint density at radius 2 is 1.62 bits per heavy atom. The van der Waals surface area contributed by atoms with Crippen molar-refractivity contribution in [3.05, 3.63) is 24.3 Å². The lowest BCUT2D eigenvalue weighted by atomic mass is 9.87. The van der Waals surface area contributed by atoms with Crippen molar-refractivity contribution in [3.63, 3.8) is 0 Å². The average Bonchev–Trinajstić information content (AvgIpc) is 2.68. The summed E-state index contributed by atoms with van der Waals surface area (Å²) < 4.78 is 26.6. The molecule has 26 heavy (non-hydrogen) atoms. The number of rotatable bonds is 11. The summed E-state index contributed by atoms with van der Waals surface area (Å²) in [6.45, 7) is 2.58. The maximum atomic E-state index is 11.9. The van der Waals surface area contributed by atoms with Crippen molar-refractivity contribution in [2.75, 3.05) is 27.0 Å². The highest BCUT2D eigenvalue weighted by molar-refractivity contribution is 5.72. The summed E-state index contributed by atoms with van der Waals surface area (Å²) in [7, 11) is 0. The second-order valence-electron chi connectivity index (χ2n) is 5.88. The van der Waals surface area contributed by atoms with E-state index >= 15 is 0 Å². The lowest BCUT2D eigenvalue weighted by molar-refractivity contribution is -0.163. The molecular formula is C18H27NO7. The molecule has 0 saturated heterocycles. The minimum Gasteiger partial charge on any atom is -0.468 e. The van der Waals surface area contributed by atoms with Crippen LogP contribution in [0.25, 0.3) is 0 Å². The highest BCUT2D eigenvalue weighted by Gasteiger charge is 2.27. The van der Waals surface area contributed by atoms with Crippen LogP contribution < -0.4 is 15.4 Å². The van der Waals surface area contributed by atoms with Crippen molar-refractivity contribution in [3.8, 4) is 11.5 Å². The first-order valence-electron chi connectivity index (χ1n) is 8.76. The lowest BCUT2D eigenvalue weighted by Crippen LogP contribution is -2.28. The summed E-state index contributed by atoms with van der Waals surface area (Å²) in [5.74, 6) is 5.96. The molecular weight excluding hydrogens is 342 g/mol. The fraction of sp³-hybridized carbons (Fsp3) is 0.611. The van der Waals surface area contributed by atoms with Gasteiger partial charge in [-0.3, -0.25) is 9.63 Å². The van der Waals surface area contributed by atoms with Crippen LogP contribution in [0.1, 0.15) is 32.6 Å². The van der Waals surface area contributed by atoms with Crippen LogP contribution in [0, 0.1) is 5.92 Å². The van der Waals surface area contributed by atoms with E-state index in [4.69, 9.17) is 29.6 Å². The molecule has 0 atom stereocenters. The van der Waals surface area contributed by atoms with Gasteiger partial charge in [0.05, 0.1) is 12.0 Å². The fourth-order valence-electron chi connectivity index (χ4n) is 2.70. The average molecular weight is 369 g/mol. The van der Waals surface area contributed by atoms with Crippen molar-refractivity contribution >= 4 is 5.97 Å². The maximum Gasteiger partial charge on any atom is 0.311 e.